The lowest BCUT2D eigenvalue weighted by Gasteiger charge is -2.36. The summed E-state index contributed by atoms with van der Waals surface area (Å²) in [6, 6.07) is 29.7. The molecule has 0 fully saturated rings. The van der Waals surface area contributed by atoms with E-state index in [1.54, 1.807) is 18.2 Å². The summed E-state index contributed by atoms with van der Waals surface area (Å²) in [5.41, 5.74) is 6.77. The van der Waals surface area contributed by atoms with Crippen molar-refractivity contribution in [2.45, 2.75) is 25.9 Å². The van der Waals surface area contributed by atoms with Crippen LogP contribution in [0.4, 0.5) is 32.3 Å². The van der Waals surface area contributed by atoms with Gasteiger partial charge in [-0.25, -0.2) is 9.59 Å². The molecule has 5 aromatic carbocycles. The molecule has 0 spiro atoms. The number of hydrogen-bond acceptors (Lipinski definition) is 5. The van der Waals surface area contributed by atoms with Crippen LogP contribution in [-0.4, -0.2) is 56.2 Å². The van der Waals surface area contributed by atoms with Crippen LogP contribution in [0.2, 0.25) is 5.02 Å². The number of nitrogens with zero attached hydrogens (tertiary/aromatic N) is 4. The van der Waals surface area contributed by atoms with Crippen molar-refractivity contribution in [1.29, 1.82) is 0 Å². The molecule has 9 nitrogen and oxygen atoms in total. The molecule has 49 heavy (non-hydrogen) atoms. The van der Waals surface area contributed by atoms with Gasteiger partial charge < -0.3 is 25.2 Å². The second-order valence-corrected chi connectivity index (χ2v) is 13.1. The number of fused-ring (bicyclic) bond motifs is 3. The number of rotatable bonds is 5. The number of nitrogens with one attached hydrogen (secondary N) is 2. The first-order valence-electron chi connectivity index (χ1n) is 16.4. The molecule has 2 N–H and O–H groups in total. The summed E-state index contributed by atoms with van der Waals surface area (Å²) in [5.74, 6) is 0.327. The molecule has 4 amide bonds. The van der Waals surface area contributed by atoms with Gasteiger partial charge in [-0.2, -0.15) is 10.0 Å². The highest BCUT2D eigenvalue weighted by Crippen LogP contribution is 2.35. The van der Waals surface area contributed by atoms with E-state index in [4.69, 9.17) is 16.3 Å². The van der Waals surface area contributed by atoms with Crippen LogP contribution in [0.25, 0.3) is 10.8 Å². The van der Waals surface area contributed by atoms with Gasteiger partial charge in [0.15, 0.2) is 5.75 Å². The summed E-state index contributed by atoms with van der Waals surface area (Å²) in [6.45, 7) is 3.37. The predicted molar refractivity (Wildman–Crippen MR) is 198 cm³/mol. The Hall–Kier alpha value is -5.09. The largest absolute Gasteiger partial charge is 0.493 e. The molecule has 0 saturated heterocycles. The van der Waals surface area contributed by atoms with Crippen LogP contribution in [0, 0.1) is 0 Å². The number of methoxy groups -OCH3 is 1. The SMILES string of the molecule is COc1c(Cl)cccc1NC(=O)N(c1ccc2c(c1)CN(C)CC2)N(C(=O)Nc1cccc2ccccc12)c1ccc2c(c1)CN(C)CC2. The molecule has 0 saturated carbocycles. The van der Waals surface area contributed by atoms with Crippen molar-refractivity contribution in [3.63, 3.8) is 0 Å². The van der Waals surface area contributed by atoms with Gasteiger partial charge in [-0.1, -0.05) is 66.2 Å². The van der Waals surface area contributed by atoms with E-state index < -0.39 is 12.1 Å². The molecule has 2 aliphatic heterocycles. The Kier molecular flexibility index (Phi) is 9.14. The second kappa shape index (κ2) is 13.8. The first-order chi connectivity index (χ1) is 23.8. The molecular weight excluding hydrogens is 636 g/mol. The fourth-order valence-electron chi connectivity index (χ4n) is 6.77. The van der Waals surface area contributed by atoms with Gasteiger partial charge >= 0.3 is 12.1 Å². The van der Waals surface area contributed by atoms with E-state index in [0.29, 0.717) is 33.5 Å². The maximum Gasteiger partial charge on any atom is 0.346 e. The van der Waals surface area contributed by atoms with Crippen LogP contribution in [0.5, 0.6) is 5.75 Å². The second-order valence-electron chi connectivity index (χ2n) is 12.7. The number of likely N-dealkylation sites (N-methyl/N-ethyl adjacent to an activating group) is 2. The minimum atomic E-state index is -0.562. The molecule has 2 aliphatic rings. The number of anilines is 4. The van der Waals surface area contributed by atoms with E-state index in [1.165, 1.54) is 28.3 Å². The molecule has 0 radical (unpaired) electrons. The number of para-hydroxylation sites is 1. The van der Waals surface area contributed by atoms with Gasteiger partial charge in [-0.3, -0.25) is 0 Å². The zero-order chi connectivity index (χ0) is 34.1. The van der Waals surface area contributed by atoms with Crippen molar-refractivity contribution < 1.29 is 14.3 Å². The van der Waals surface area contributed by atoms with E-state index >= 15 is 0 Å². The van der Waals surface area contributed by atoms with E-state index in [0.717, 1.165) is 60.9 Å². The Morgan fingerprint density at radius 3 is 1.82 bits per heavy atom. The molecule has 0 aliphatic carbocycles. The van der Waals surface area contributed by atoms with Crippen LogP contribution in [-0.2, 0) is 25.9 Å². The maximum atomic E-state index is 14.8. The summed E-state index contributed by atoms with van der Waals surface area (Å²) in [6.07, 6.45) is 1.81. The van der Waals surface area contributed by atoms with Crippen molar-refractivity contribution in [2.24, 2.45) is 0 Å². The highest BCUT2D eigenvalue weighted by atomic mass is 35.5. The Labute approximate surface area is 291 Å². The minimum Gasteiger partial charge on any atom is -0.493 e. The van der Waals surface area contributed by atoms with Gasteiger partial charge in [0, 0.05) is 31.6 Å². The number of hydrogen-bond donors (Lipinski definition) is 2. The van der Waals surface area contributed by atoms with Crippen LogP contribution >= 0.6 is 11.6 Å². The molecule has 7 rings (SSSR count). The lowest BCUT2D eigenvalue weighted by atomic mass is 9.99. The van der Waals surface area contributed by atoms with Crippen LogP contribution in [0.1, 0.15) is 22.3 Å². The number of benzene rings is 5. The lowest BCUT2D eigenvalue weighted by Crippen LogP contribution is -2.54. The fraction of sp³-hybridized carbons (Fsp3) is 0.231. The third-order valence-corrected chi connectivity index (χ3v) is 9.60. The average molecular weight is 675 g/mol. The summed E-state index contributed by atoms with van der Waals surface area (Å²) < 4.78 is 5.57. The number of hydrazine groups is 1. The van der Waals surface area contributed by atoms with Gasteiger partial charge in [-0.05, 0) is 97.0 Å². The number of carbonyl (C=O) groups is 2. The quantitative estimate of drug-likeness (QED) is 0.184. The normalized spacial score (nSPS) is 14.4. The van der Waals surface area contributed by atoms with Gasteiger partial charge in [-0.15, -0.1) is 0 Å². The molecule has 5 aromatic rings. The first-order valence-corrected chi connectivity index (χ1v) is 16.8. The van der Waals surface area contributed by atoms with Crippen molar-refractivity contribution in [3.05, 3.63) is 124 Å². The van der Waals surface area contributed by atoms with E-state index in [9.17, 15) is 9.59 Å². The maximum absolute atomic E-state index is 14.8. The van der Waals surface area contributed by atoms with E-state index in [1.807, 2.05) is 66.7 Å². The molecule has 0 bridgehead atoms. The number of carbonyl (C=O) groups excluding carboxylic acids is 2. The Morgan fingerprint density at radius 1 is 0.673 bits per heavy atom. The highest BCUT2D eigenvalue weighted by molar-refractivity contribution is 6.32. The number of amides is 4. The first kappa shape index (κ1) is 32.5. The smallest absolute Gasteiger partial charge is 0.346 e. The molecule has 0 atom stereocenters. The topological polar surface area (TPSA) is 80.4 Å². The van der Waals surface area contributed by atoms with Gasteiger partial charge in [0.2, 0.25) is 0 Å². The molecular formula is C39H39ClN6O3. The van der Waals surface area contributed by atoms with E-state index in [-0.39, 0.29) is 0 Å². The summed E-state index contributed by atoms with van der Waals surface area (Å²) in [4.78, 5) is 34.0. The van der Waals surface area contributed by atoms with Crippen molar-refractivity contribution in [3.8, 4) is 5.75 Å². The van der Waals surface area contributed by atoms with Gasteiger partial charge in [0.25, 0.3) is 0 Å². The number of urea groups is 2. The zero-order valence-electron chi connectivity index (χ0n) is 27.9. The average Bonchev–Trinajstić information content (AvgIpc) is 3.10. The monoisotopic (exact) mass is 674 g/mol. The minimum absolute atomic E-state index is 0.327. The van der Waals surface area contributed by atoms with Crippen molar-refractivity contribution in [1.82, 2.24) is 9.80 Å². The Bertz CT molecular complexity index is 2050. The Morgan fingerprint density at radius 2 is 1.20 bits per heavy atom. The molecule has 0 aromatic heterocycles. The summed E-state index contributed by atoms with van der Waals surface area (Å²) >= 11 is 6.46. The van der Waals surface area contributed by atoms with Gasteiger partial charge in [0.1, 0.15) is 0 Å². The third-order valence-electron chi connectivity index (χ3n) is 9.30. The van der Waals surface area contributed by atoms with Crippen LogP contribution in [0.3, 0.4) is 0 Å². The third kappa shape index (κ3) is 6.65. The standard InChI is InChI=1S/C39H39ClN6O3/c1-43-20-18-26-14-16-31(22-29(26)24-43)45(38(47)41-35-12-6-9-28-8-4-5-10-33(28)35)46(32-17-15-27-19-21-44(2)25-30(27)23-32)39(48)42-36-13-7-11-34(40)37(36)49-3/h4-17,22-23H,18-21,24-25H2,1-3H3,(H,41,47)(H,42,48). The molecule has 2 heterocycles. The zero-order valence-corrected chi connectivity index (χ0v) is 28.6. The molecule has 250 valence electrons. The predicted octanol–water partition coefficient (Wildman–Crippen LogP) is 8.17. The fourth-order valence-corrected chi connectivity index (χ4v) is 7.02. The van der Waals surface area contributed by atoms with Crippen LogP contribution in [0.15, 0.2) is 97.1 Å². The number of halogens is 1. The molecule has 0 unspecified atom stereocenters. The van der Waals surface area contributed by atoms with Gasteiger partial charge in [0.05, 0.1) is 34.9 Å². The van der Waals surface area contributed by atoms with Crippen molar-refractivity contribution >= 4 is 57.2 Å². The summed E-state index contributed by atoms with van der Waals surface area (Å²) in [5, 5.41) is 11.2. The highest BCUT2D eigenvalue weighted by Gasteiger charge is 2.32. The van der Waals surface area contributed by atoms with E-state index in [2.05, 4.69) is 46.7 Å². The molecule has 10 heteroatoms. The number of ether oxygens (including phenoxy) is 1. The lowest BCUT2D eigenvalue weighted by molar-refractivity contribution is 0.248. The Balaban J connectivity index is 1.38. The summed E-state index contributed by atoms with van der Waals surface area (Å²) in [7, 11) is 5.67. The van der Waals surface area contributed by atoms with Crippen LogP contribution < -0.4 is 25.4 Å². The van der Waals surface area contributed by atoms with Crippen molar-refractivity contribution in [2.75, 3.05) is 54.9 Å².